The first-order chi connectivity index (χ1) is 8.20. The van der Waals surface area contributed by atoms with Crippen molar-refractivity contribution in [1.82, 2.24) is 9.78 Å². The molecule has 96 valence electrons. The van der Waals surface area contributed by atoms with Crippen LogP contribution < -0.4 is 5.73 Å². The monoisotopic (exact) mass is 235 g/mol. The molecule has 0 spiro atoms. The Bertz CT molecular complexity index is 345. The number of nitrogens with zero attached hydrogens (tertiary/aromatic N) is 2. The van der Waals surface area contributed by atoms with E-state index >= 15 is 0 Å². The highest BCUT2D eigenvalue weighted by Crippen LogP contribution is 2.35. The van der Waals surface area contributed by atoms with Crippen molar-refractivity contribution in [3.63, 3.8) is 0 Å². The number of aryl methyl sites for hydroxylation is 2. The van der Waals surface area contributed by atoms with Gasteiger partial charge in [0.2, 0.25) is 0 Å². The summed E-state index contributed by atoms with van der Waals surface area (Å²) in [5.41, 5.74) is 7.63. The highest BCUT2D eigenvalue weighted by atomic mass is 15.2. The minimum absolute atomic E-state index is 0.376. The van der Waals surface area contributed by atoms with Gasteiger partial charge < -0.3 is 5.73 Å². The van der Waals surface area contributed by atoms with Crippen LogP contribution in [0.1, 0.15) is 44.7 Å². The number of aromatic nitrogens is 2. The minimum Gasteiger partial charge on any atom is -0.327 e. The van der Waals surface area contributed by atoms with E-state index in [9.17, 15) is 0 Å². The van der Waals surface area contributed by atoms with Gasteiger partial charge in [-0.05, 0) is 43.6 Å². The highest BCUT2D eigenvalue weighted by molar-refractivity contribution is 5.00. The van der Waals surface area contributed by atoms with Crippen LogP contribution in [-0.4, -0.2) is 15.8 Å². The zero-order valence-electron chi connectivity index (χ0n) is 11.1. The maximum absolute atomic E-state index is 6.33. The summed E-state index contributed by atoms with van der Waals surface area (Å²) in [6.07, 6.45) is 9.43. The second-order valence-electron chi connectivity index (χ2n) is 5.50. The van der Waals surface area contributed by atoms with Gasteiger partial charge in [-0.3, -0.25) is 4.68 Å². The van der Waals surface area contributed by atoms with Gasteiger partial charge in [0.05, 0.1) is 0 Å². The molecule has 3 nitrogen and oxygen atoms in total. The van der Waals surface area contributed by atoms with E-state index in [4.69, 9.17) is 5.73 Å². The second-order valence-corrected chi connectivity index (χ2v) is 5.50. The molecule has 3 atom stereocenters. The summed E-state index contributed by atoms with van der Waals surface area (Å²) >= 11 is 0. The van der Waals surface area contributed by atoms with Crippen molar-refractivity contribution in [3.05, 3.63) is 18.0 Å². The van der Waals surface area contributed by atoms with E-state index in [2.05, 4.69) is 18.1 Å². The van der Waals surface area contributed by atoms with Gasteiger partial charge in [0.25, 0.3) is 0 Å². The predicted molar refractivity (Wildman–Crippen MR) is 70.6 cm³/mol. The molecule has 2 N–H and O–H groups in total. The number of nitrogens with two attached hydrogens (primary N) is 1. The average molecular weight is 235 g/mol. The van der Waals surface area contributed by atoms with Crippen molar-refractivity contribution < 1.29 is 0 Å². The summed E-state index contributed by atoms with van der Waals surface area (Å²) in [4.78, 5) is 0. The van der Waals surface area contributed by atoms with Gasteiger partial charge in [0.1, 0.15) is 0 Å². The largest absolute Gasteiger partial charge is 0.327 e. The summed E-state index contributed by atoms with van der Waals surface area (Å²) in [5.74, 6) is 1.69. The van der Waals surface area contributed by atoms with Crippen LogP contribution in [0.2, 0.25) is 0 Å². The van der Waals surface area contributed by atoms with E-state index in [0.717, 1.165) is 24.7 Å². The summed E-state index contributed by atoms with van der Waals surface area (Å²) in [6.45, 7) is 2.30. The maximum atomic E-state index is 6.33. The van der Waals surface area contributed by atoms with Crippen LogP contribution >= 0.6 is 0 Å². The molecule has 3 heteroatoms. The van der Waals surface area contributed by atoms with Crippen molar-refractivity contribution >= 4 is 0 Å². The Kier molecular flexibility index (Phi) is 4.21. The zero-order chi connectivity index (χ0) is 12.3. The molecule has 1 aliphatic carbocycles. The molecule has 0 bridgehead atoms. The lowest BCUT2D eigenvalue weighted by atomic mass is 9.93. The van der Waals surface area contributed by atoms with Gasteiger partial charge in [-0.25, -0.2) is 0 Å². The lowest BCUT2D eigenvalue weighted by Gasteiger charge is -2.19. The van der Waals surface area contributed by atoms with Crippen LogP contribution in [0.3, 0.4) is 0 Å². The van der Waals surface area contributed by atoms with Crippen LogP contribution in [-0.2, 0) is 13.5 Å². The molecular weight excluding hydrogens is 210 g/mol. The molecule has 0 amide bonds. The molecule has 0 radical (unpaired) electrons. The summed E-state index contributed by atoms with van der Waals surface area (Å²) in [7, 11) is 2.00. The van der Waals surface area contributed by atoms with E-state index in [1.807, 2.05) is 17.9 Å². The third kappa shape index (κ3) is 3.09. The van der Waals surface area contributed by atoms with E-state index in [1.165, 1.54) is 31.4 Å². The first-order valence-electron chi connectivity index (χ1n) is 6.93. The van der Waals surface area contributed by atoms with Gasteiger partial charge in [0, 0.05) is 25.0 Å². The third-order valence-corrected chi connectivity index (χ3v) is 4.42. The molecule has 0 saturated heterocycles. The second kappa shape index (κ2) is 5.67. The van der Waals surface area contributed by atoms with Crippen LogP contribution in [0.25, 0.3) is 0 Å². The van der Waals surface area contributed by atoms with E-state index in [0.29, 0.717) is 6.04 Å². The van der Waals surface area contributed by atoms with E-state index < -0.39 is 0 Å². The number of rotatable bonds is 5. The molecule has 1 saturated carbocycles. The van der Waals surface area contributed by atoms with Crippen molar-refractivity contribution in [2.24, 2.45) is 24.6 Å². The Hall–Kier alpha value is -0.830. The SMILES string of the molecule is CCC1CCC(C(N)CCc2ccnn2C)C1. The lowest BCUT2D eigenvalue weighted by Crippen LogP contribution is -2.29. The number of hydrogen-bond acceptors (Lipinski definition) is 2. The average Bonchev–Trinajstić information content (AvgIpc) is 2.94. The first-order valence-corrected chi connectivity index (χ1v) is 6.93. The molecule has 1 aromatic heterocycles. The van der Waals surface area contributed by atoms with Crippen molar-refractivity contribution in [1.29, 1.82) is 0 Å². The molecule has 1 aliphatic rings. The highest BCUT2D eigenvalue weighted by Gasteiger charge is 2.27. The zero-order valence-corrected chi connectivity index (χ0v) is 11.1. The van der Waals surface area contributed by atoms with Gasteiger partial charge in [-0.1, -0.05) is 19.8 Å². The van der Waals surface area contributed by atoms with Crippen molar-refractivity contribution in [3.8, 4) is 0 Å². The van der Waals surface area contributed by atoms with E-state index in [1.54, 1.807) is 0 Å². The van der Waals surface area contributed by atoms with Gasteiger partial charge in [0.15, 0.2) is 0 Å². The van der Waals surface area contributed by atoms with E-state index in [-0.39, 0.29) is 0 Å². The Morgan fingerprint density at radius 3 is 2.94 bits per heavy atom. The number of hydrogen-bond donors (Lipinski definition) is 1. The fourth-order valence-corrected chi connectivity index (χ4v) is 3.07. The Morgan fingerprint density at radius 2 is 2.35 bits per heavy atom. The normalized spacial score (nSPS) is 26.3. The van der Waals surface area contributed by atoms with Crippen LogP contribution in [0.15, 0.2) is 12.3 Å². The predicted octanol–water partition coefficient (Wildman–Crippen LogP) is 2.51. The van der Waals surface area contributed by atoms with Crippen LogP contribution in [0, 0.1) is 11.8 Å². The molecule has 1 heterocycles. The lowest BCUT2D eigenvalue weighted by molar-refractivity contribution is 0.387. The summed E-state index contributed by atoms with van der Waals surface area (Å²) in [6, 6.07) is 2.47. The molecule has 3 unspecified atom stereocenters. The van der Waals surface area contributed by atoms with Gasteiger partial charge in [-0.2, -0.15) is 5.10 Å². The summed E-state index contributed by atoms with van der Waals surface area (Å²) in [5, 5.41) is 4.19. The molecule has 0 aromatic carbocycles. The topological polar surface area (TPSA) is 43.8 Å². The van der Waals surface area contributed by atoms with Crippen molar-refractivity contribution in [2.45, 2.75) is 51.5 Å². The smallest absolute Gasteiger partial charge is 0.0492 e. The minimum atomic E-state index is 0.376. The third-order valence-electron chi connectivity index (χ3n) is 4.42. The molecule has 0 aliphatic heterocycles. The quantitative estimate of drug-likeness (QED) is 0.852. The Balaban J connectivity index is 1.78. The van der Waals surface area contributed by atoms with Gasteiger partial charge in [-0.15, -0.1) is 0 Å². The Morgan fingerprint density at radius 1 is 1.53 bits per heavy atom. The Labute approximate surface area is 104 Å². The van der Waals surface area contributed by atoms with Crippen LogP contribution in [0.5, 0.6) is 0 Å². The summed E-state index contributed by atoms with van der Waals surface area (Å²) < 4.78 is 1.95. The fourth-order valence-electron chi connectivity index (χ4n) is 3.07. The van der Waals surface area contributed by atoms with Crippen LogP contribution in [0.4, 0.5) is 0 Å². The molecular formula is C14H25N3. The molecule has 17 heavy (non-hydrogen) atoms. The molecule has 1 fully saturated rings. The standard InChI is InChI=1S/C14H25N3/c1-3-11-4-5-12(10-11)14(15)7-6-13-8-9-16-17(13)2/h8-9,11-12,14H,3-7,10,15H2,1-2H3. The fraction of sp³-hybridized carbons (Fsp3) is 0.786. The molecule has 2 rings (SSSR count). The maximum Gasteiger partial charge on any atom is 0.0492 e. The molecule has 1 aromatic rings. The van der Waals surface area contributed by atoms with Gasteiger partial charge >= 0.3 is 0 Å². The first kappa shape index (κ1) is 12.6. The van der Waals surface area contributed by atoms with Crippen molar-refractivity contribution in [2.75, 3.05) is 0 Å².